The number of hydrogen-bond donors (Lipinski definition) is 2. The summed E-state index contributed by atoms with van der Waals surface area (Å²) in [6.07, 6.45) is -1.23. The Kier molecular flexibility index (Phi) is 23.6. The maximum absolute atomic E-state index is 15.9. The zero-order valence-electron chi connectivity index (χ0n) is 54.4. The molecule has 30 heteroatoms. The first kappa shape index (κ1) is 74.0. The van der Waals surface area contributed by atoms with Crippen LogP contribution in [0.15, 0.2) is 156 Å². The topological polar surface area (TPSA) is 194 Å². The van der Waals surface area contributed by atoms with Crippen LogP contribution in [0.3, 0.4) is 0 Å². The van der Waals surface area contributed by atoms with E-state index in [1.165, 1.54) is 89.9 Å². The molecule has 2 heterocycles. The number of sulfonamides is 2. The summed E-state index contributed by atoms with van der Waals surface area (Å²) in [4.78, 5) is 18.4. The van der Waals surface area contributed by atoms with Crippen LogP contribution in [-0.4, -0.2) is 127 Å². The number of halogens is 10. The summed E-state index contributed by atoms with van der Waals surface area (Å²) in [5.41, 5.74) is 0.444. The lowest BCUT2D eigenvalue weighted by Gasteiger charge is -2.41. The van der Waals surface area contributed by atoms with Gasteiger partial charge in [-0.1, -0.05) is 59.6 Å². The molecule has 0 amide bonds. The molecule has 6 aromatic carbocycles. The van der Waals surface area contributed by atoms with E-state index in [1.54, 1.807) is 48.5 Å². The highest BCUT2D eigenvalue weighted by Crippen LogP contribution is 2.46. The Labute approximate surface area is 574 Å². The molecule has 0 spiro atoms. The zero-order valence-corrected chi connectivity index (χ0v) is 57.6. The van der Waals surface area contributed by atoms with Gasteiger partial charge in [0, 0.05) is 72.0 Å². The van der Waals surface area contributed by atoms with Crippen molar-refractivity contribution in [2.75, 3.05) is 75.9 Å². The molecule has 2 aromatic heterocycles. The van der Waals surface area contributed by atoms with Crippen molar-refractivity contribution in [3.05, 3.63) is 201 Å². The second-order valence-corrected chi connectivity index (χ2v) is 28.3. The van der Waals surface area contributed by atoms with Crippen LogP contribution < -0.4 is 38.2 Å². The summed E-state index contributed by atoms with van der Waals surface area (Å²) in [6.45, 7) is -0.538. The van der Waals surface area contributed by atoms with Crippen molar-refractivity contribution >= 4 is 66.3 Å². The molecule has 98 heavy (non-hydrogen) atoms. The minimum Gasteiger partial charge on any atom is -0.497 e. The Hall–Kier alpha value is -8.28. The molecular weight excluding hydrogens is 1370 g/mol. The van der Waals surface area contributed by atoms with Crippen molar-refractivity contribution < 1.29 is 70.9 Å². The highest BCUT2D eigenvalue weighted by molar-refractivity contribution is 7.93. The minimum absolute atomic E-state index is 0.0109. The van der Waals surface area contributed by atoms with E-state index in [0.717, 1.165) is 45.0 Å². The van der Waals surface area contributed by atoms with Gasteiger partial charge in [-0.15, -0.1) is 0 Å². The van der Waals surface area contributed by atoms with E-state index in [2.05, 4.69) is 30.6 Å². The minimum atomic E-state index is -4.61. The van der Waals surface area contributed by atoms with Crippen LogP contribution in [0.4, 0.5) is 58.1 Å². The smallest absolute Gasteiger partial charge is 0.416 e. The Balaban J connectivity index is 0.000000229. The maximum atomic E-state index is 15.9. The molecule has 0 bridgehead atoms. The van der Waals surface area contributed by atoms with E-state index in [1.807, 2.05) is 38.0 Å². The first-order valence-corrected chi connectivity index (χ1v) is 34.3. The van der Waals surface area contributed by atoms with Crippen molar-refractivity contribution in [1.29, 1.82) is 0 Å². The largest absolute Gasteiger partial charge is 0.497 e. The number of ether oxygens (including phenoxy) is 4. The molecule has 2 fully saturated rings. The fourth-order valence-corrected chi connectivity index (χ4v) is 16.1. The van der Waals surface area contributed by atoms with Gasteiger partial charge in [0.1, 0.15) is 68.7 Å². The maximum Gasteiger partial charge on any atom is 0.416 e. The van der Waals surface area contributed by atoms with Crippen LogP contribution in [0, 0.1) is 11.6 Å². The molecular formula is C68H72Cl2F8N10O8S2. The number of anilines is 4. The lowest BCUT2D eigenvalue weighted by atomic mass is 9.76. The summed E-state index contributed by atoms with van der Waals surface area (Å²) in [7, 11) is 3.94. The van der Waals surface area contributed by atoms with Gasteiger partial charge in [-0.05, 0) is 150 Å². The van der Waals surface area contributed by atoms with Crippen molar-refractivity contribution in [1.82, 2.24) is 29.7 Å². The Morgan fingerprint density at radius 2 is 0.888 bits per heavy atom. The van der Waals surface area contributed by atoms with Crippen LogP contribution >= 0.6 is 23.2 Å². The number of likely N-dealkylation sites (N-methyl/N-ethyl adjacent to an activating group) is 2. The van der Waals surface area contributed by atoms with Gasteiger partial charge in [-0.3, -0.25) is 0 Å². The molecule has 0 radical (unpaired) electrons. The molecule has 524 valence electrons. The van der Waals surface area contributed by atoms with Crippen molar-refractivity contribution in [3.8, 4) is 23.0 Å². The molecule has 0 aliphatic heterocycles. The summed E-state index contributed by atoms with van der Waals surface area (Å²) in [5.74, 6) is -1.14. The van der Waals surface area contributed by atoms with E-state index < -0.39 is 65.0 Å². The lowest BCUT2D eigenvalue weighted by Crippen LogP contribution is -2.47. The van der Waals surface area contributed by atoms with Gasteiger partial charge < -0.3 is 39.4 Å². The number of alkyl halides is 6. The van der Waals surface area contributed by atoms with Crippen LogP contribution in [-0.2, 0) is 45.5 Å². The van der Waals surface area contributed by atoms with Crippen LogP contribution in [0.1, 0.15) is 83.7 Å². The van der Waals surface area contributed by atoms with Crippen molar-refractivity contribution in [2.24, 2.45) is 0 Å². The summed E-state index contributed by atoms with van der Waals surface area (Å²) in [5, 5.41) is 6.40. The highest BCUT2D eigenvalue weighted by Gasteiger charge is 2.42. The monoisotopic (exact) mass is 1440 g/mol. The van der Waals surface area contributed by atoms with E-state index in [0.29, 0.717) is 72.6 Å². The Morgan fingerprint density at radius 3 is 1.21 bits per heavy atom. The number of methoxy groups -OCH3 is 4. The lowest BCUT2D eigenvalue weighted by molar-refractivity contribution is -0.139. The third-order valence-corrected chi connectivity index (χ3v) is 21.6. The number of rotatable bonds is 22. The summed E-state index contributed by atoms with van der Waals surface area (Å²) in [6, 6.07) is 26.8. The Bertz CT molecular complexity index is 4040. The summed E-state index contributed by atoms with van der Waals surface area (Å²) >= 11 is 13.3. The van der Waals surface area contributed by atoms with Crippen LogP contribution in [0.25, 0.3) is 0 Å². The SMILES string of the molecule is COc1ccc(CN(c2ccncn2)S(=O)(=O)c2cc(Cl)c(N[C@@H]3CC[C@@H](c4ccccc4C(F)(F)F)C[C@H]3N(C)C)cc2F)c(OC)c1.COc1ccc(CN(c2ccncn2)S(=O)(=O)c2cc(Cl)c(N[C@H]3CC[C@H](c4ccccc4C(F)(F)F)C[C@@H]3N(C)C)cc2F)c(OC)c1. The normalized spacial score (nSPS) is 18.3. The average Bonchev–Trinajstić information content (AvgIpc) is 0.781. The molecule has 2 aliphatic rings. The highest BCUT2D eigenvalue weighted by atomic mass is 35.5. The third kappa shape index (κ3) is 16.9. The number of nitrogens with zero attached hydrogens (tertiary/aromatic N) is 8. The number of benzene rings is 6. The van der Waals surface area contributed by atoms with Gasteiger partial charge in [0.15, 0.2) is 0 Å². The molecule has 10 rings (SSSR count). The van der Waals surface area contributed by atoms with Gasteiger partial charge in [0.05, 0.1) is 74.1 Å². The van der Waals surface area contributed by atoms with Gasteiger partial charge in [-0.25, -0.2) is 54.2 Å². The van der Waals surface area contributed by atoms with Gasteiger partial charge in [-0.2, -0.15) is 26.3 Å². The molecule has 2 saturated carbocycles. The number of aromatic nitrogens is 4. The van der Waals surface area contributed by atoms with Gasteiger partial charge >= 0.3 is 12.4 Å². The number of nitrogens with one attached hydrogen (secondary N) is 2. The Morgan fingerprint density at radius 1 is 0.510 bits per heavy atom. The van der Waals surface area contributed by atoms with E-state index >= 15 is 8.78 Å². The first-order valence-electron chi connectivity index (χ1n) is 30.6. The average molecular weight is 1440 g/mol. The van der Waals surface area contributed by atoms with Gasteiger partial charge in [0.25, 0.3) is 20.0 Å². The van der Waals surface area contributed by atoms with Crippen molar-refractivity contribution in [2.45, 2.75) is 110 Å². The van der Waals surface area contributed by atoms with Crippen LogP contribution in [0.2, 0.25) is 10.0 Å². The van der Waals surface area contributed by atoms with E-state index in [9.17, 15) is 43.2 Å². The summed E-state index contributed by atoms with van der Waals surface area (Å²) < 4.78 is 195. The van der Waals surface area contributed by atoms with E-state index in [4.69, 9.17) is 42.1 Å². The molecule has 2 N–H and O–H groups in total. The predicted octanol–water partition coefficient (Wildman–Crippen LogP) is 14.8. The zero-order chi connectivity index (χ0) is 71.0. The van der Waals surface area contributed by atoms with Gasteiger partial charge in [0.2, 0.25) is 0 Å². The quantitative estimate of drug-likeness (QED) is 0.0608. The fraction of sp³-hybridized carbons (Fsp3) is 0.353. The first-order chi connectivity index (χ1) is 46.5. The standard InChI is InChI=1S/2C34H36ClF4N5O4S/c2*1-43(2)30-15-21(24-7-5-6-8-25(24)34(37,38)39)10-12-28(30)42-29-18-27(36)32(17-26(29)35)49(45,46)44(33-13-14-40-20-41-33)19-22-9-11-23(47-3)16-31(22)48-4/h2*5-9,11,13-14,16-18,20-21,28,30,42H,10,12,15,19H2,1-4H3/t2*21-,28-,30-/m10/s1. The molecule has 8 aromatic rings. The molecule has 18 nitrogen and oxygen atoms in total. The molecule has 0 unspecified atom stereocenters. The second-order valence-electron chi connectivity index (χ2n) is 23.8. The molecule has 2 aliphatic carbocycles. The van der Waals surface area contributed by atoms with E-state index in [-0.39, 0.29) is 93.3 Å². The molecule has 6 atom stereocenters. The third-order valence-electron chi connectivity index (χ3n) is 17.5. The van der Waals surface area contributed by atoms with Crippen LogP contribution in [0.5, 0.6) is 23.0 Å². The second kappa shape index (κ2) is 31.3. The number of hydrogen-bond acceptors (Lipinski definition) is 16. The predicted molar refractivity (Wildman–Crippen MR) is 359 cm³/mol. The van der Waals surface area contributed by atoms with Crippen molar-refractivity contribution in [3.63, 3.8) is 0 Å². The fourth-order valence-electron chi connectivity index (χ4n) is 12.6. The molecule has 0 saturated heterocycles.